The standard InChI is InChI=1S/C22H20N6O3S/c1-22(2,3)17-13-32-21(23-17)27-20(29)19(18(26-27)14-9-5-4-6-10-14)25-24-15-11-7-8-12-16(15)28(30)31/h4-13,26H,1-3H3. The lowest BCUT2D eigenvalue weighted by atomic mass is 9.93. The molecule has 2 heterocycles. The summed E-state index contributed by atoms with van der Waals surface area (Å²) in [4.78, 5) is 28.6. The van der Waals surface area contributed by atoms with E-state index in [1.807, 2.05) is 56.5 Å². The zero-order chi connectivity index (χ0) is 22.9. The van der Waals surface area contributed by atoms with Crippen molar-refractivity contribution in [1.29, 1.82) is 0 Å². The van der Waals surface area contributed by atoms with Gasteiger partial charge in [-0.2, -0.15) is 4.68 Å². The smallest absolute Gasteiger partial charge is 0.286 e. The third-order valence-corrected chi connectivity index (χ3v) is 5.54. The van der Waals surface area contributed by atoms with Crippen LogP contribution in [0.1, 0.15) is 26.5 Å². The summed E-state index contributed by atoms with van der Waals surface area (Å²) in [6.45, 7) is 6.14. The van der Waals surface area contributed by atoms with Crippen molar-refractivity contribution in [2.45, 2.75) is 26.2 Å². The number of aromatic nitrogens is 3. The highest BCUT2D eigenvalue weighted by atomic mass is 32.1. The highest BCUT2D eigenvalue weighted by Gasteiger charge is 2.22. The van der Waals surface area contributed by atoms with Gasteiger partial charge in [0.25, 0.3) is 5.69 Å². The predicted molar refractivity (Wildman–Crippen MR) is 123 cm³/mol. The Hall–Kier alpha value is -3.92. The van der Waals surface area contributed by atoms with Gasteiger partial charge in [0, 0.05) is 22.4 Å². The van der Waals surface area contributed by atoms with Crippen LogP contribution in [0.4, 0.5) is 17.1 Å². The van der Waals surface area contributed by atoms with Crippen molar-refractivity contribution >= 4 is 28.4 Å². The predicted octanol–water partition coefficient (Wildman–Crippen LogP) is 5.91. The number of azo groups is 1. The van der Waals surface area contributed by atoms with E-state index in [0.717, 1.165) is 11.3 Å². The Kier molecular flexibility index (Phi) is 5.54. The third kappa shape index (κ3) is 4.12. The number of thiazole rings is 1. The lowest BCUT2D eigenvalue weighted by Crippen LogP contribution is -2.16. The van der Waals surface area contributed by atoms with Gasteiger partial charge in [-0.25, -0.2) is 4.98 Å². The lowest BCUT2D eigenvalue weighted by Gasteiger charge is -2.14. The minimum absolute atomic E-state index is 0.0434. The molecule has 0 bridgehead atoms. The Bertz CT molecular complexity index is 1360. The van der Waals surface area contributed by atoms with Crippen LogP contribution in [0.5, 0.6) is 0 Å². The van der Waals surface area contributed by atoms with Gasteiger partial charge in [0.15, 0.2) is 11.4 Å². The topological polar surface area (TPSA) is 119 Å². The van der Waals surface area contributed by atoms with Crippen LogP contribution in [-0.4, -0.2) is 19.7 Å². The van der Waals surface area contributed by atoms with Crippen LogP contribution in [-0.2, 0) is 5.41 Å². The van der Waals surface area contributed by atoms with Crippen molar-refractivity contribution in [3.63, 3.8) is 0 Å². The van der Waals surface area contributed by atoms with Crippen LogP contribution in [0.25, 0.3) is 16.4 Å². The summed E-state index contributed by atoms with van der Waals surface area (Å²) in [6, 6.07) is 15.2. The molecule has 9 nitrogen and oxygen atoms in total. The maximum absolute atomic E-state index is 13.3. The van der Waals surface area contributed by atoms with Crippen molar-refractivity contribution in [1.82, 2.24) is 14.8 Å². The normalized spacial score (nSPS) is 11.8. The van der Waals surface area contributed by atoms with Gasteiger partial charge in [-0.3, -0.25) is 20.0 Å². The second kappa shape index (κ2) is 8.31. The second-order valence-electron chi connectivity index (χ2n) is 8.05. The largest absolute Gasteiger partial charge is 0.301 e. The molecular formula is C22H20N6O3S. The molecule has 2 aromatic carbocycles. The first-order chi connectivity index (χ1) is 15.3. The molecule has 0 radical (unpaired) electrons. The fourth-order valence-electron chi connectivity index (χ4n) is 2.98. The molecule has 0 fully saturated rings. The molecule has 0 spiro atoms. The molecule has 1 N–H and O–H groups in total. The van der Waals surface area contributed by atoms with E-state index >= 15 is 0 Å². The van der Waals surface area contributed by atoms with Gasteiger partial charge in [0.1, 0.15) is 0 Å². The van der Waals surface area contributed by atoms with Gasteiger partial charge >= 0.3 is 5.56 Å². The van der Waals surface area contributed by atoms with Crippen LogP contribution < -0.4 is 5.56 Å². The van der Waals surface area contributed by atoms with Crippen LogP contribution in [0, 0.1) is 10.1 Å². The average Bonchev–Trinajstić information content (AvgIpc) is 3.38. The molecule has 4 aromatic rings. The molecule has 0 amide bonds. The van der Waals surface area contributed by atoms with Crippen LogP contribution >= 0.6 is 11.3 Å². The van der Waals surface area contributed by atoms with Crippen LogP contribution in [0.3, 0.4) is 0 Å². The molecule has 10 heteroatoms. The van der Waals surface area contributed by atoms with Crippen molar-refractivity contribution in [3.05, 3.63) is 86.1 Å². The molecule has 0 aliphatic heterocycles. The Balaban J connectivity index is 1.86. The van der Waals surface area contributed by atoms with Gasteiger partial charge < -0.3 is 0 Å². The maximum atomic E-state index is 13.3. The first-order valence-corrected chi connectivity index (χ1v) is 10.7. The van der Waals surface area contributed by atoms with Gasteiger partial charge in [-0.1, -0.05) is 63.2 Å². The fraction of sp³-hybridized carbons (Fsp3) is 0.182. The third-order valence-electron chi connectivity index (χ3n) is 4.72. The fourth-order valence-corrected chi connectivity index (χ4v) is 3.99. The average molecular weight is 449 g/mol. The monoisotopic (exact) mass is 448 g/mol. The zero-order valence-corrected chi connectivity index (χ0v) is 18.5. The second-order valence-corrected chi connectivity index (χ2v) is 8.89. The van der Waals surface area contributed by atoms with Crippen LogP contribution in [0.15, 0.2) is 75.0 Å². The minimum atomic E-state index is -0.536. The molecule has 162 valence electrons. The van der Waals surface area contributed by atoms with Crippen molar-refractivity contribution in [3.8, 4) is 16.4 Å². The molecular weight excluding hydrogens is 428 g/mol. The van der Waals surface area contributed by atoms with E-state index in [1.54, 1.807) is 12.1 Å². The van der Waals surface area contributed by atoms with E-state index in [2.05, 4.69) is 20.3 Å². The molecule has 0 unspecified atom stereocenters. The number of hydrogen-bond donors (Lipinski definition) is 1. The van der Waals surface area contributed by atoms with E-state index in [0.29, 0.717) is 10.8 Å². The first kappa shape index (κ1) is 21.3. The number of hydrogen-bond acceptors (Lipinski definition) is 7. The number of rotatable bonds is 5. The Labute approximate surface area is 187 Å². The van der Waals surface area contributed by atoms with Crippen molar-refractivity contribution in [2.75, 3.05) is 0 Å². The van der Waals surface area contributed by atoms with Crippen molar-refractivity contribution < 1.29 is 4.92 Å². The molecule has 32 heavy (non-hydrogen) atoms. The molecule has 0 atom stereocenters. The number of nitrogens with zero attached hydrogens (tertiary/aromatic N) is 5. The number of para-hydroxylation sites is 1. The summed E-state index contributed by atoms with van der Waals surface area (Å²) >= 11 is 1.34. The Morgan fingerprint density at radius 2 is 1.75 bits per heavy atom. The highest BCUT2D eigenvalue weighted by Crippen LogP contribution is 2.32. The molecule has 4 rings (SSSR count). The van der Waals surface area contributed by atoms with E-state index in [1.165, 1.54) is 28.2 Å². The number of benzene rings is 2. The van der Waals surface area contributed by atoms with E-state index in [9.17, 15) is 14.9 Å². The van der Waals surface area contributed by atoms with Gasteiger partial charge in [0.2, 0.25) is 5.13 Å². The molecule has 0 aliphatic rings. The summed E-state index contributed by atoms with van der Waals surface area (Å²) in [6.07, 6.45) is 0. The van der Waals surface area contributed by atoms with Gasteiger partial charge in [-0.05, 0) is 6.07 Å². The van der Waals surface area contributed by atoms with Gasteiger partial charge in [0.05, 0.1) is 16.3 Å². The minimum Gasteiger partial charge on any atom is -0.286 e. The summed E-state index contributed by atoms with van der Waals surface area (Å²) in [5, 5.41) is 24.9. The molecule has 0 aliphatic carbocycles. The number of nitrogens with one attached hydrogen (secondary N) is 1. The molecule has 0 saturated heterocycles. The van der Waals surface area contributed by atoms with E-state index < -0.39 is 10.5 Å². The lowest BCUT2D eigenvalue weighted by molar-refractivity contribution is -0.384. The molecule has 0 saturated carbocycles. The number of nitro benzene ring substituents is 1. The van der Waals surface area contributed by atoms with E-state index in [4.69, 9.17) is 0 Å². The highest BCUT2D eigenvalue weighted by molar-refractivity contribution is 7.12. The SMILES string of the molecule is CC(C)(C)c1csc(-n2[nH]c(-c3ccccc3)c(N=Nc3ccccc3[N+](=O)[O-])c2=O)n1. The number of aromatic amines is 1. The number of H-pyrrole nitrogens is 1. The molecule has 2 aromatic heterocycles. The summed E-state index contributed by atoms with van der Waals surface area (Å²) in [5.41, 5.74) is 1.35. The summed E-state index contributed by atoms with van der Waals surface area (Å²) in [7, 11) is 0. The zero-order valence-electron chi connectivity index (χ0n) is 17.6. The Morgan fingerprint density at radius 3 is 2.41 bits per heavy atom. The van der Waals surface area contributed by atoms with E-state index in [-0.39, 0.29) is 22.5 Å². The van der Waals surface area contributed by atoms with Gasteiger partial charge in [-0.15, -0.1) is 21.6 Å². The summed E-state index contributed by atoms with van der Waals surface area (Å²) < 4.78 is 1.33. The summed E-state index contributed by atoms with van der Waals surface area (Å²) in [5.74, 6) is 0. The first-order valence-electron chi connectivity index (χ1n) is 9.77. The van der Waals surface area contributed by atoms with Crippen molar-refractivity contribution in [2.24, 2.45) is 10.2 Å². The maximum Gasteiger partial charge on any atom is 0.301 e. The van der Waals surface area contributed by atoms with Crippen LogP contribution in [0.2, 0.25) is 0 Å². The number of nitro groups is 1. The quantitative estimate of drug-likeness (QED) is 0.232. The Morgan fingerprint density at radius 1 is 1.06 bits per heavy atom.